The maximum atomic E-state index is 11.3. The number of carboxylic acids is 1. The van der Waals surface area contributed by atoms with Crippen LogP contribution in [0.2, 0.25) is 0 Å². The summed E-state index contributed by atoms with van der Waals surface area (Å²) in [6.07, 6.45) is 6.92. The van der Waals surface area contributed by atoms with Gasteiger partial charge in [-0.25, -0.2) is 0 Å². The molecule has 3 heteroatoms. The first kappa shape index (κ1) is 9.97. The number of hydrogen-bond acceptors (Lipinski definition) is 2. The zero-order valence-electron chi connectivity index (χ0n) is 8.54. The third-order valence-electron chi connectivity index (χ3n) is 4.49. The van der Waals surface area contributed by atoms with Crippen LogP contribution in [0.15, 0.2) is 0 Å². The zero-order valence-corrected chi connectivity index (χ0v) is 8.54. The first-order valence-corrected chi connectivity index (χ1v) is 5.41. The minimum absolute atomic E-state index is 0. The Balaban J connectivity index is 0.000000750. The molecule has 0 radical (unpaired) electrons. The second kappa shape index (κ2) is 2.96. The molecular formula is C11H19NO2. The summed E-state index contributed by atoms with van der Waals surface area (Å²) < 4.78 is 0. The zero-order chi connectivity index (χ0) is 9.05. The molecule has 0 aromatic carbocycles. The molecule has 0 unspecified atom stereocenters. The molecular weight excluding hydrogens is 178 g/mol. The summed E-state index contributed by atoms with van der Waals surface area (Å²) in [5, 5.41) is 9.28. The average molecular weight is 197 g/mol. The molecule has 0 aromatic heterocycles. The molecule has 0 heterocycles. The van der Waals surface area contributed by atoms with Crippen molar-refractivity contribution in [2.24, 2.45) is 23.2 Å². The second-order valence-corrected chi connectivity index (χ2v) is 5.50. The van der Waals surface area contributed by atoms with E-state index in [1.807, 2.05) is 0 Å². The second-order valence-electron chi connectivity index (χ2n) is 5.50. The summed E-state index contributed by atoms with van der Waals surface area (Å²) in [4.78, 5) is 11.3. The van der Waals surface area contributed by atoms with Crippen molar-refractivity contribution in [1.82, 2.24) is 6.15 Å². The Kier molecular flexibility index (Phi) is 2.11. The van der Waals surface area contributed by atoms with Crippen LogP contribution in [0.4, 0.5) is 0 Å². The van der Waals surface area contributed by atoms with E-state index in [1.165, 1.54) is 19.3 Å². The molecule has 4 N–H and O–H groups in total. The van der Waals surface area contributed by atoms with Crippen molar-refractivity contribution < 1.29 is 9.90 Å². The Morgan fingerprint density at radius 2 is 1.36 bits per heavy atom. The van der Waals surface area contributed by atoms with Gasteiger partial charge >= 0.3 is 5.97 Å². The van der Waals surface area contributed by atoms with Gasteiger partial charge in [0.25, 0.3) is 0 Å². The minimum atomic E-state index is -0.508. The van der Waals surface area contributed by atoms with E-state index in [4.69, 9.17) is 0 Å². The molecule has 80 valence electrons. The topological polar surface area (TPSA) is 72.3 Å². The molecule has 4 rings (SSSR count). The molecule has 4 saturated carbocycles. The highest BCUT2D eigenvalue weighted by molar-refractivity contribution is 5.75. The minimum Gasteiger partial charge on any atom is -0.481 e. The van der Waals surface area contributed by atoms with Gasteiger partial charge in [-0.05, 0) is 56.3 Å². The molecule has 4 aliphatic carbocycles. The summed E-state index contributed by atoms with van der Waals surface area (Å²) in [6, 6.07) is 0. The van der Waals surface area contributed by atoms with Crippen LogP contribution in [0.25, 0.3) is 0 Å². The predicted molar refractivity (Wildman–Crippen MR) is 53.3 cm³/mol. The molecule has 0 atom stereocenters. The van der Waals surface area contributed by atoms with Crippen molar-refractivity contribution in [1.29, 1.82) is 0 Å². The van der Waals surface area contributed by atoms with Crippen molar-refractivity contribution in [2.45, 2.75) is 38.5 Å². The van der Waals surface area contributed by atoms with Gasteiger partial charge in [0, 0.05) is 0 Å². The van der Waals surface area contributed by atoms with E-state index < -0.39 is 5.97 Å². The molecule has 0 spiro atoms. The van der Waals surface area contributed by atoms with E-state index in [0.717, 1.165) is 37.0 Å². The summed E-state index contributed by atoms with van der Waals surface area (Å²) in [6.45, 7) is 0. The van der Waals surface area contributed by atoms with Crippen molar-refractivity contribution in [3.05, 3.63) is 0 Å². The highest BCUT2D eigenvalue weighted by Crippen LogP contribution is 2.59. The molecule has 0 saturated heterocycles. The highest BCUT2D eigenvalue weighted by atomic mass is 16.4. The molecule has 3 nitrogen and oxygen atoms in total. The maximum absolute atomic E-state index is 11.3. The standard InChI is InChI=1S/C11H16O2.H3N/c12-10(13)11-4-7-1-8(5-11)3-9(2-7)6-11;/h7-9H,1-6H2,(H,12,13);1H3. The first-order valence-electron chi connectivity index (χ1n) is 5.41. The number of carboxylic acid groups (broad SMARTS) is 1. The maximum Gasteiger partial charge on any atom is 0.309 e. The van der Waals surface area contributed by atoms with Gasteiger partial charge in [-0.1, -0.05) is 0 Å². The van der Waals surface area contributed by atoms with E-state index in [1.54, 1.807) is 0 Å². The molecule has 0 amide bonds. The van der Waals surface area contributed by atoms with Gasteiger partial charge in [-0.2, -0.15) is 0 Å². The monoisotopic (exact) mass is 197 g/mol. The van der Waals surface area contributed by atoms with Gasteiger partial charge < -0.3 is 11.3 Å². The van der Waals surface area contributed by atoms with Gasteiger partial charge in [0.2, 0.25) is 0 Å². The Hall–Kier alpha value is -0.570. The van der Waals surface area contributed by atoms with E-state index in [-0.39, 0.29) is 11.6 Å². The van der Waals surface area contributed by atoms with E-state index >= 15 is 0 Å². The molecule has 4 fully saturated rings. The van der Waals surface area contributed by atoms with Crippen LogP contribution in [0.3, 0.4) is 0 Å². The van der Waals surface area contributed by atoms with Crippen LogP contribution in [0.1, 0.15) is 38.5 Å². The lowest BCUT2D eigenvalue weighted by molar-refractivity contribution is -0.164. The number of rotatable bonds is 1. The third kappa shape index (κ3) is 1.18. The highest BCUT2D eigenvalue weighted by Gasteiger charge is 2.54. The Morgan fingerprint density at radius 1 is 1.00 bits per heavy atom. The fraction of sp³-hybridized carbons (Fsp3) is 0.909. The van der Waals surface area contributed by atoms with Gasteiger partial charge in [-0.3, -0.25) is 4.79 Å². The molecule has 4 bridgehead atoms. The van der Waals surface area contributed by atoms with Gasteiger partial charge in [0.1, 0.15) is 0 Å². The van der Waals surface area contributed by atoms with Gasteiger partial charge in [0.15, 0.2) is 0 Å². The van der Waals surface area contributed by atoms with E-state index in [9.17, 15) is 9.90 Å². The average Bonchev–Trinajstić information content (AvgIpc) is 2.00. The number of aliphatic carboxylic acids is 1. The lowest BCUT2D eigenvalue weighted by atomic mass is 9.49. The predicted octanol–water partition coefficient (Wildman–Crippen LogP) is 2.45. The SMILES string of the molecule is N.O=C(O)C12CC3CC(CC(C3)C1)C2. The quantitative estimate of drug-likeness (QED) is 0.678. The summed E-state index contributed by atoms with van der Waals surface area (Å²) in [5.74, 6) is 1.75. The molecule has 0 aromatic rings. The Labute approximate surface area is 84.5 Å². The third-order valence-corrected chi connectivity index (χ3v) is 4.49. The normalized spacial score (nSPS) is 48.7. The van der Waals surface area contributed by atoms with Crippen LogP contribution in [0, 0.1) is 23.2 Å². The lowest BCUT2D eigenvalue weighted by Gasteiger charge is -2.54. The smallest absolute Gasteiger partial charge is 0.309 e. The lowest BCUT2D eigenvalue weighted by Crippen LogP contribution is -2.49. The van der Waals surface area contributed by atoms with Crippen LogP contribution >= 0.6 is 0 Å². The molecule has 4 aliphatic rings. The van der Waals surface area contributed by atoms with Gasteiger partial charge in [-0.15, -0.1) is 0 Å². The molecule has 14 heavy (non-hydrogen) atoms. The summed E-state index contributed by atoms with van der Waals surface area (Å²) in [5.41, 5.74) is -0.283. The summed E-state index contributed by atoms with van der Waals surface area (Å²) in [7, 11) is 0. The van der Waals surface area contributed by atoms with Crippen molar-refractivity contribution in [3.63, 3.8) is 0 Å². The fourth-order valence-electron chi connectivity index (χ4n) is 4.37. The first-order chi connectivity index (χ1) is 6.18. The van der Waals surface area contributed by atoms with Crippen molar-refractivity contribution in [3.8, 4) is 0 Å². The van der Waals surface area contributed by atoms with E-state index in [2.05, 4.69) is 0 Å². The van der Waals surface area contributed by atoms with Crippen molar-refractivity contribution in [2.75, 3.05) is 0 Å². The van der Waals surface area contributed by atoms with Crippen LogP contribution < -0.4 is 6.15 Å². The number of carbonyl (C=O) groups is 1. The van der Waals surface area contributed by atoms with Crippen LogP contribution in [-0.4, -0.2) is 11.1 Å². The summed E-state index contributed by atoms with van der Waals surface area (Å²) >= 11 is 0. The largest absolute Gasteiger partial charge is 0.481 e. The Bertz CT molecular complexity index is 227. The van der Waals surface area contributed by atoms with Gasteiger partial charge in [0.05, 0.1) is 5.41 Å². The van der Waals surface area contributed by atoms with Crippen LogP contribution in [0.5, 0.6) is 0 Å². The van der Waals surface area contributed by atoms with E-state index in [0.29, 0.717) is 0 Å². The van der Waals surface area contributed by atoms with Crippen LogP contribution in [-0.2, 0) is 4.79 Å². The molecule has 0 aliphatic heterocycles. The number of hydrogen-bond donors (Lipinski definition) is 2. The Morgan fingerprint density at radius 3 is 1.64 bits per heavy atom. The van der Waals surface area contributed by atoms with Crippen molar-refractivity contribution >= 4 is 5.97 Å². The fourth-order valence-corrected chi connectivity index (χ4v) is 4.37.